The maximum Gasteiger partial charge on any atom is 0.289 e. The Morgan fingerprint density at radius 1 is 1.03 bits per heavy atom. The van der Waals surface area contributed by atoms with Crippen LogP contribution >= 0.6 is 0 Å². The maximum atomic E-state index is 12.8. The van der Waals surface area contributed by atoms with Crippen molar-refractivity contribution in [1.29, 1.82) is 0 Å². The lowest BCUT2D eigenvalue weighted by Gasteiger charge is -2.35. The van der Waals surface area contributed by atoms with E-state index in [4.69, 9.17) is 9.15 Å². The fraction of sp³-hybridized carbons (Fsp3) is 0.476. The number of furan rings is 1. The minimum atomic E-state index is -0.125. The lowest BCUT2D eigenvalue weighted by molar-refractivity contribution is 0.0383. The summed E-state index contributed by atoms with van der Waals surface area (Å²) in [5.41, 5.74) is 0.560. The Morgan fingerprint density at radius 3 is 2.57 bits per heavy atom. The number of carbonyl (C=O) groups is 2. The van der Waals surface area contributed by atoms with Crippen LogP contribution in [0.1, 0.15) is 20.9 Å². The van der Waals surface area contributed by atoms with Crippen LogP contribution in [0, 0.1) is 0 Å². The number of anilines is 1. The van der Waals surface area contributed by atoms with Crippen LogP contribution in [-0.2, 0) is 4.74 Å². The first-order valence-corrected chi connectivity index (χ1v) is 10.3. The predicted octanol–water partition coefficient (Wildman–Crippen LogP) is 0.699. The van der Waals surface area contributed by atoms with Crippen molar-refractivity contribution in [2.45, 2.75) is 0 Å². The lowest BCUT2D eigenvalue weighted by Crippen LogP contribution is -2.49. The first-order chi connectivity index (χ1) is 14.7. The van der Waals surface area contributed by atoms with E-state index in [1.807, 2.05) is 0 Å². The van der Waals surface area contributed by atoms with Crippen molar-refractivity contribution < 1.29 is 18.7 Å². The molecule has 0 saturated carbocycles. The van der Waals surface area contributed by atoms with Gasteiger partial charge in [0.1, 0.15) is 5.82 Å². The zero-order chi connectivity index (χ0) is 20.8. The molecule has 0 radical (unpaired) electrons. The van der Waals surface area contributed by atoms with E-state index in [2.05, 4.69) is 20.1 Å². The van der Waals surface area contributed by atoms with Gasteiger partial charge in [-0.15, -0.1) is 0 Å². The minimum Gasteiger partial charge on any atom is -0.459 e. The number of aromatic nitrogens is 1. The molecule has 4 rings (SSSR count). The van der Waals surface area contributed by atoms with Gasteiger partial charge in [-0.3, -0.25) is 14.5 Å². The van der Waals surface area contributed by atoms with E-state index in [0.717, 1.165) is 32.8 Å². The summed E-state index contributed by atoms with van der Waals surface area (Å²) in [5.74, 6) is 0.773. The summed E-state index contributed by atoms with van der Waals surface area (Å²) < 4.78 is 10.6. The van der Waals surface area contributed by atoms with Crippen molar-refractivity contribution in [3.63, 3.8) is 0 Å². The molecule has 0 bridgehead atoms. The summed E-state index contributed by atoms with van der Waals surface area (Å²) in [6, 6.07) is 6.96. The highest BCUT2D eigenvalue weighted by Gasteiger charge is 2.26. The predicted molar refractivity (Wildman–Crippen MR) is 111 cm³/mol. The monoisotopic (exact) mass is 413 g/mol. The molecule has 0 aromatic carbocycles. The van der Waals surface area contributed by atoms with Crippen LogP contribution in [-0.4, -0.2) is 92.2 Å². The van der Waals surface area contributed by atoms with Crippen LogP contribution < -0.4 is 10.2 Å². The number of piperazine rings is 1. The number of amides is 2. The summed E-state index contributed by atoms with van der Waals surface area (Å²) in [7, 11) is 0. The third kappa shape index (κ3) is 4.80. The van der Waals surface area contributed by atoms with Gasteiger partial charge in [-0.05, 0) is 24.3 Å². The number of nitrogens with zero attached hydrogens (tertiary/aromatic N) is 4. The Labute approximate surface area is 175 Å². The Morgan fingerprint density at radius 2 is 1.83 bits per heavy atom. The molecule has 30 heavy (non-hydrogen) atoms. The number of ether oxygens (including phenoxy) is 1. The average Bonchev–Trinajstić information content (AvgIpc) is 3.34. The van der Waals surface area contributed by atoms with Gasteiger partial charge in [0.15, 0.2) is 5.76 Å². The summed E-state index contributed by atoms with van der Waals surface area (Å²) >= 11 is 0. The molecule has 9 nitrogen and oxygen atoms in total. The van der Waals surface area contributed by atoms with E-state index >= 15 is 0 Å². The Kier molecular flexibility index (Phi) is 6.60. The Bertz CT molecular complexity index is 843. The quantitative estimate of drug-likeness (QED) is 0.745. The van der Waals surface area contributed by atoms with Crippen LogP contribution in [0.5, 0.6) is 0 Å². The van der Waals surface area contributed by atoms with E-state index < -0.39 is 0 Å². The molecule has 2 aromatic rings. The van der Waals surface area contributed by atoms with Crippen LogP contribution in [0.2, 0.25) is 0 Å². The normalized spacial score (nSPS) is 17.7. The van der Waals surface area contributed by atoms with Gasteiger partial charge in [0.25, 0.3) is 11.8 Å². The number of nitrogens with one attached hydrogen (secondary N) is 1. The maximum absolute atomic E-state index is 12.8. The van der Waals surface area contributed by atoms with Gasteiger partial charge in [-0.2, -0.15) is 0 Å². The fourth-order valence-electron chi connectivity index (χ4n) is 3.75. The lowest BCUT2D eigenvalue weighted by atomic mass is 10.2. The zero-order valence-corrected chi connectivity index (χ0v) is 17.0. The largest absolute Gasteiger partial charge is 0.459 e. The molecule has 0 atom stereocenters. The third-order valence-corrected chi connectivity index (χ3v) is 5.45. The van der Waals surface area contributed by atoms with E-state index in [1.165, 1.54) is 6.26 Å². The van der Waals surface area contributed by atoms with Crippen molar-refractivity contribution >= 4 is 17.6 Å². The topological polar surface area (TPSA) is 91.2 Å². The second kappa shape index (κ2) is 9.73. The van der Waals surface area contributed by atoms with Crippen LogP contribution in [0.15, 0.2) is 41.1 Å². The van der Waals surface area contributed by atoms with Crippen molar-refractivity contribution in [1.82, 2.24) is 20.1 Å². The molecule has 0 unspecified atom stereocenters. The fourth-order valence-corrected chi connectivity index (χ4v) is 3.75. The molecule has 9 heteroatoms. The molecule has 4 heterocycles. The van der Waals surface area contributed by atoms with Crippen LogP contribution in [0.25, 0.3) is 0 Å². The molecule has 1 N–H and O–H groups in total. The van der Waals surface area contributed by atoms with E-state index in [9.17, 15) is 9.59 Å². The summed E-state index contributed by atoms with van der Waals surface area (Å²) in [4.78, 5) is 35.8. The minimum absolute atomic E-state index is 0.109. The van der Waals surface area contributed by atoms with E-state index in [1.54, 1.807) is 35.4 Å². The first-order valence-electron chi connectivity index (χ1n) is 10.3. The Hall–Kier alpha value is -2.91. The highest BCUT2D eigenvalue weighted by molar-refractivity contribution is 5.99. The number of hydrogen-bond acceptors (Lipinski definition) is 7. The number of hydrogen-bond donors (Lipinski definition) is 1. The van der Waals surface area contributed by atoms with Crippen molar-refractivity contribution in [3.05, 3.63) is 48.0 Å². The smallest absolute Gasteiger partial charge is 0.289 e. The standard InChI is InChI=1S/C21H27N5O4/c27-20(23-6-7-24-12-15-29-16-13-24)17-3-1-5-22-19(17)25-8-10-26(11-9-25)21(28)18-4-2-14-30-18/h1-5,14H,6-13,15-16H2,(H,23,27). The molecule has 2 aliphatic heterocycles. The molecule has 160 valence electrons. The molecule has 0 spiro atoms. The second-order valence-electron chi connectivity index (χ2n) is 7.34. The number of carbonyl (C=O) groups excluding carboxylic acids is 2. The molecule has 2 saturated heterocycles. The average molecular weight is 413 g/mol. The van der Waals surface area contributed by atoms with Crippen molar-refractivity contribution in [2.24, 2.45) is 0 Å². The van der Waals surface area contributed by atoms with Gasteiger partial charge in [-0.1, -0.05) is 0 Å². The van der Waals surface area contributed by atoms with E-state index in [-0.39, 0.29) is 11.8 Å². The third-order valence-electron chi connectivity index (χ3n) is 5.45. The summed E-state index contributed by atoms with van der Waals surface area (Å²) in [6.45, 7) is 6.99. The first kappa shape index (κ1) is 20.4. The number of morpholine rings is 1. The van der Waals surface area contributed by atoms with Crippen molar-refractivity contribution in [2.75, 3.05) is 70.5 Å². The molecule has 2 aromatic heterocycles. The SMILES string of the molecule is O=C(NCCN1CCOCC1)c1cccnc1N1CCN(C(=O)c2ccco2)CC1. The van der Waals surface area contributed by atoms with Gasteiger partial charge < -0.3 is 24.3 Å². The molecule has 2 fully saturated rings. The molecule has 2 aliphatic rings. The highest BCUT2D eigenvalue weighted by Crippen LogP contribution is 2.20. The van der Waals surface area contributed by atoms with Crippen LogP contribution in [0.3, 0.4) is 0 Å². The molecule has 2 amide bonds. The van der Waals surface area contributed by atoms with Gasteiger partial charge in [0, 0.05) is 58.6 Å². The van der Waals surface area contributed by atoms with Gasteiger partial charge in [0.05, 0.1) is 25.0 Å². The van der Waals surface area contributed by atoms with Crippen LogP contribution in [0.4, 0.5) is 5.82 Å². The summed E-state index contributed by atoms with van der Waals surface area (Å²) in [5, 5.41) is 3.01. The molecule has 0 aliphatic carbocycles. The van der Waals surface area contributed by atoms with Gasteiger partial charge in [0.2, 0.25) is 0 Å². The summed E-state index contributed by atoms with van der Waals surface area (Å²) in [6.07, 6.45) is 3.20. The van der Waals surface area contributed by atoms with Gasteiger partial charge in [-0.25, -0.2) is 4.98 Å². The second-order valence-corrected chi connectivity index (χ2v) is 7.34. The molecular formula is C21H27N5O4. The highest BCUT2D eigenvalue weighted by atomic mass is 16.5. The zero-order valence-electron chi connectivity index (χ0n) is 17.0. The number of rotatable bonds is 6. The molecular weight excluding hydrogens is 386 g/mol. The van der Waals surface area contributed by atoms with E-state index in [0.29, 0.717) is 49.9 Å². The van der Waals surface area contributed by atoms with Crippen molar-refractivity contribution in [3.8, 4) is 0 Å². The Balaban J connectivity index is 1.32. The number of pyridine rings is 1. The van der Waals surface area contributed by atoms with Gasteiger partial charge >= 0.3 is 0 Å².